The molecule has 1 heterocycles. The van der Waals surface area contributed by atoms with E-state index >= 15 is 0 Å². The predicted octanol–water partition coefficient (Wildman–Crippen LogP) is -1.10. The molecule has 1 rings (SSSR count). The molecule has 0 aliphatic carbocycles. The van der Waals surface area contributed by atoms with Gasteiger partial charge in [0.1, 0.15) is 5.75 Å². The fourth-order valence-electron chi connectivity index (χ4n) is 1.15. The summed E-state index contributed by atoms with van der Waals surface area (Å²) < 4.78 is 0. The van der Waals surface area contributed by atoms with Gasteiger partial charge in [-0.2, -0.15) is 0 Å². The van der Waals surface area contributed by atoms with Crippen LogP contribution in [0.15, 0.2) is 12.2 Å². The molecular weight excluding hydrogens is 200 g/mol. The van der Waals surface area contributed by atoms with Gasteiger partial charge in [0.25, 0.3) is 11.8 Å². The van der Waals surface area contributed by atoms with Crippen LogP contribution in [-0.2, 0) is 22.2 Å². The van der Waals surface area contributed by atoms with Gasteiger partial charge in [-0.05, 0) is 19.6 Å². The highest BCUT2D eigenvalue weighted by molar-refractivity contribution is 7.58. The van der Waals surface area contributed by atoms with Crippen molar-refractivity contribution in [1.82, 2.24) is 10.2 Å². The zero-order chi connectivity index (χ0) is 10.6. The zero-order valence-electron chi connectivity index (χ0n) is 8.12. The number of hydrogen-bond donors (Lipinski definition) is 1. The molecule has 1 unspecified atom stereocenters. The predicted molar refractivity (Wildman–Crippen MR) is 58.3 cm³/mol. The van der Waals surface area contributed by atoms with Crippen molar-refractivity contribution in [3.63, 3.8) is 0 Å². The summed E-state index contributed by atoms with van der Waals surface area (Å²) in [5, 5.41) is 3.18. The molecule has 0 aromatic carbocycles. The average molecular weight is 215 g/mol. The van der Waals surface area contributed by atoms with Crippen LogP contribution < -0.4 is 5.32 Å². The molecule has 0 spiro atoms. The van der Waals surface area contributed by atoms with Crippen molar-refractivity contribution in [2.75, 3.05) is 18.8 Å². The van der Waals surface area contributed by atoms with Crippen LogP contribution >= 0.6 is 0 Å². The second-order valence-electron chi connectivity index (χ2n) is 3.22. The number of rotatable bonds is 5. The fourth-order valence-corrected chi connectivity index (χ4v) is 1.29. The number of carbonyl (C=O) groups is 2. The van der Waals surface area contributed by atoms with Gasteiger partial charge >= 0.3 is 0 Å². The van der Waals surface area contributed by atoms with Gasteiger partial charge in [-0.3, -0.25) is 14.5 Å². The van der Waals surface area contributed by atoms with Gasteiger partial charge in [0.15, 0.2) is 0 Å². The monoisotopic (exact) mass is 215 g/mol. The molecular formula is C9H15N2O2S+. The fraction of sp³-hybridized carbons (Fsp3) is 0.556. The molecule has 1 aliphatic rings. The Morgan fingerprint density at radius 2 is 2.00 bits per heavy atom. The summed E-state index contributed by atoms with van der Waals surface area (Å²) in [4.78, 5) is 23.5. The van der Waals surface area contributed by atoms with Crippen molar-refractivity contribution in [2.45, 2.75) is 13.0 Å². The topological polar surface area (TPSA) is 49.4 Å². The van der Waals surface area contributed by atoms with Crippen molar-refractivity contribution >= 4 is 24.4 Å². The largest absolute Gasteiger partial charge is 0.308 e. The van der Waals surface area contributed by atoms with Crippen LogP contribution in [0.1, 0.15) is 6.92 Å². The molecule has 5 heteroatoms. The lowest BCUT2D eigenvalue weighted by molar-refractivity contribution is -0.136. The molecule has 14 heavy (non-hydrogen) atoms. The Kier molecular flexibility index (Phi) is 4.16. The molecule has 78 valence electrons. The number of nitrogens with one attached hydrogen (secondary N) is 1. The van der Waals surface area contributed by atoms with Crippen molar-refractivity contribution in [1.29, 1.82) is 0 Å². The molecule has 2 amide bonds. The van der Waals surface area contributed by atoms with Crippen LogP contribution in [0.5, 0.6) is 0 Å². The van der Waals surface area contributed by atoms with Gasteiger partial charge < -0.3 is 5.32 Å². The first kappa shape index (κ1) is 11.3. The van der Waals surface area contributed by atoms with E-state index < -0.39 is 0 Å². The summed E-state index contributed by atoms with van der Waals surface area (Å²) >= 11 is 3.38. The van der Waals surface area contributed by atoms with E-state index in [4.69, 9.17) is 0 Å². The first-order valence-electron chi connectivity index (χ1n) is 4.56. The van der Waals surface area contributed by atoms with Gasteiger partial charge in [0.2, 0.25) is 0 Å². The van der Waals surface area contributed by atoms with Gasteiger partial charge in [-0.15, -0.1) is 0 Å². The average Bonchev–Trinajstić information content (AvgIpc) is 2.48. The van der Waals surface area contributed by atoms with Crippen LogP contribution in [0, 0.1) is 0 Å². The third kappa shape index (κ3) is 2.85. The maximum atomic E-state index is 11.1. The van der Waals surface area contributed by atoms with E-state index in [-0.39, 0.29) is 11.8 Å². The summed E-state index contributed by atoms with van der Waals surface area (Å²) in [6, 6.07) is 0.340. The smallest absolute Gasteiger partial charge is 0.253 e. The Morgan fingerprint density at radius 1 is 1.43 bits per heavy atom. The van der Waals surface area contributed by atoms with E-state index in [0.717, 1.165) is 5.75 Å². The normalized spacial score (nSPS) is 18.0. The number of carbonyl (C=O) groups excluding carboxylic acids is 2. The van der Waals surface area contributed by atoms with Crippen molar-refractivity contribution in [3.05, 3.63) is 12.2 Å². The van der Waals surface area contributed by atoms with E-state index in [1.807, 2.05) is 6.92 Å². The van der Waals surface area contributed by atoms with E-state index in [0.29, 0.717) is 19.1 Å². The number of nitrogens with zero attached hydrogens (tertiary/aromatic N) is 1. The summed E-state index contributed by atoms with van der Waals surface area (Å²) in [6.45, 7) is 3.09. The van der Waals surface area contributed by atoms with Crippen molar-refractivity contribution in [2.24, 2.45) is 0 Å². The second kappa shape index (κ2) is 5.17. The Labute approximate surface area is 88.8 Å². The molecule has 1 atom stereocenters. The van der Waals surface area contributed by atoms with Crippen LogP contribution in [0.2, 0.25) is 0 Å². The van der Waals surface area contributed by atoms with Crippen LogP contribution in [0.25, 0.3) is 0 Å². The third-order valence-corrected chi connectivity index (χ3v) is 2.65. The highest BCUT2D eigenvalue weighted by Crippen LogP contribution is 2.01. The Balaban J connectivity index is 2.25. The van der Waals surface area contributed by atoms with Gasteiger partial charge in [0, 0.05) is 31.3 Å². The van der Waals surface area contributed by atoms with Gasteiger partial charge in [-0.1, -0.05) is 0 Å². The zero-order valence-corrected chi connectivity index (χ0v) is 9.12. The molecule has 0 bridgehead atoms. The summed E-state index contributed by atoms with van der Waals surface area (Å²) in [7, 11) is 0. The molecule has 0 fully saturated rings. The minimum absolute atomic E-state index is 0.220. The summed E-state index contributed by atoms with van der Waals surface area (Å²) in [5.41, 5.74) is 0. The maximum absolute atomic E-state index is 11.1. The minimum atomic E-state index is -0.220. The van der Waals surface area contributed by atoms with Crippen LogP contribution in [-0.4, -0.2) is 41.6 Å². The van der Waals surface area contributed by atoms with E-state index in [1.54, 1.807) is 0 Å². The number of amides is 2. The van der Waals surface area contributed by atoms with Crippen LogP contribution in [0.4, 0.5) is 0 Å². The Bertz CT molecular complexity index is 248. The lowest BCUT2D eigenvalue weighted by Gasteiger charge is -2.15. The van der Waals surface area contributed by atoms with E-state index in [1.165, 1.54) is 17.1 Å². The standard InChI is InChI=1S/C9H14N2O2S/c1-7(6-14)10-4-5-11-8(12)2-3-9(11)13/h2-3,7,10,14H,4-6H2,1H3/p+1. The first-order valence-corrected chi connectivity index (χ1v) is 5.27. The summed E-state index contributed by atoms with van der Waals surface area (Å²) in [5.74, 6) is 0.408. The molecule has 0 aromatic heterocycles. The molecule has 4 nitrogen and oxygen atoms in total. The molecule has 1 N–H and O–H groups in total. The molecule has 0 radical (unpaired) electrons. The minimum Gasteiger partial charge on any atom is -0.308 e. The lowest BCUT2D eigenvalue weighted by atomic mass is 10.4. The first-order chi connectivity index (χ1) is 6.65. The highest BCUT2D eigenvalue weighted by Gasteiger charge is 2.22. The van der Waals surface area contributed by atoms with E-state index in [2.05, 4.69) is 17.9 Å². The second-order valence-corrected chi connectivity index (χ2v) is 3.63. The number of imide groups is 1. The lowest BCUT2D eigenvalue weighted by Crippen LogP contribution is -2.39. The Morgan fingerprint density at radius 3 is 2.50 bits per heavy atom. The van der Waals surface area contributed by atoms with Gasteiger partial charge in [0.05, 0.1) is 0 Å². The third-order valence-electron chi connectivity index (χ3n) is 2.03. The molecule has 1 aliphatic heterocycles. The van der Waals surface area contributed by atoms with Crippen molar-refractivity contribution < 1.29 is 9.59 Å². The Hall–Kier alpha value is -0.810. The van der Waals surface area contributed by atoms with Crippen LogP contribution in [0.3, 0.4) is 0 Å². The quantitative estimate of drug-likeness (QED) is 0.468. The summed E-state index contributed by atoms with van der Waals surface area (Å²) in [6.07, 6.45) is 2.60. The van der Waals surface area contributed by atoms with Crippen molar-refractivity contribution in [3.8, 4) is 0 Å². The molecule has 0 saturated heterocycles. The number of hydrogen-bond acceptors (Lipinski definition) is 3. The van der Waals surface area contributed by atoms with E-state index in [9.17, 15) is 9.59 Å². The highest BCUT2D eigenvalue weighted by atomic mass is 32.1. The maximum Gasteiger partial charge on any atom is 0.253 e. The van der Waals surface area contributed by atoms with Gasteiger partial charge in [-0.25, -0.2) is 0 Å². The SMILES string of the molecule is CC(C[SH2+])NCCN1C(=O)C=CC1=O. The molecule has 0 saturated carbocycles. The molecule has 0 aromatic rings.